The average Bonchev–Trinajstić information content (AvgIpc) is 3.02. The largest absolute Gasteiger partial charge is 0.320 e. The van der Waals surface area contributed by atoms with E-state index >= 15 is 0 Å². The van der Waals surface area contributed by atoms with Gasteiger partial charge in [-0.05, 0) is 49.2 Å². The number of nitrogens with zero attached hydrogens (tertiary/aromatic N) is 3. The van der Waals surface area contributed by atoms with Crippen LogP contribution in [-0.4, -0.2) is 42.1 Å². The van der Waals surface area contributed by atoms with Crippen LogP contribution in [0.3, 0.4) is 0 Å². The van der Waals surface area contributed by atoms with E-state index < -0.39 is 15.9 Å². The number of nitrogens with one attached hydrogen (secondary N) is 1. The van der Waals surface area contributed by atoms with Gasteiger partial charge in [0.25, 0.3) is 5.91 Å². The molecule has 0 saturated carbocycles. The molecule has 0 atom stereocenters. The normalized spacial score (nSPS) is 11.9. The fourth-order valence-corrected chi connectivity index (χ4v) is 3.56. The lowest BCUT2D eigenvalue weighted by Gasteiger charge is -2.16. The average molecular weight is 372 g/mol. The Balaban J connectivity index is 1.98. The summed E-state index contributed by atoms with van der Waals surface area (Å²) in [7, 11) is -0.654. The molecular formula is C18H20N4O3S. The molecule has 0 spiro atoms. The molecule has 8 heteroatoms. The molecule has 0 radical (unpaired) electrons. The Morgan fingerprint density at radius 2 is 1.92 bits per heavy atom. The first kappa shape index (κ1) is 18.1. The van der Waals surface area contributed by atoms with E-state index in [1.165, 1.54) is 20.2 Å². The summed E-state index contributed by atoms with van der Waals surface area (Å²) in [6.45, 7) is 3.64. The van der Waals surface area contributed by atoms with E-state index in [9.17, 15) is 13.2 Å². The number of pyridine rings is 1. The zero-order chi connectivity index (χ0) is 19.1. The molecule has 26 heavy (non-hydrogen) atoms. The van der Waals surface area contributed by atoms with Gasteiger partial charge in [0.15, 0.2) is 0 Å². The fourth-order valence-electron chi connectivity index (χ4n) is 2.55. The van der Waals surface area contributed by atoms with E-state index in [1.54, 1.807) is 28.9 Å². The summed E-state index contributed by atoms with van der Waals surface area (Å²) in [6.07, 6.45) is 3.44. The SMILES string of the molecule is Cc1cc(S(=O)(=O)N(C)C)cc(NC(=O)c2cn3ccccc3n2)c1C. The maximum absolute atomic E-state index is 12.6. The number of carbonyl (C=O) groups is 1. The lowest BCUT2D eigenvalue weighted by molar-refractivity contribution is 0.102. The Bertz CT molecular complexity index is 1070. The number of imidazole rings is 1. The van der Waals surface area contributed by atoms with E-state index in [0.29, 0.717) is 11.3 Å². The molecule has 0 aliphatic carbocycles. The molecule has 3 aromatic rings. The van der Waals surface area contributed by atoms with Gasteiger partial charge in [-0.25, -0.2) is 17.7 Å². The molecule has 7 nitrogen and oxygen atoms in total. The summed E-state index contributed by atoms with van der Waals surface area (Å²) < 4.78 is 27.7. The monoisotopic (exact) mass is 372 g/mol. The highest BCUT2D eigenvalue weighted by Crippen LogP contribution is 2.26. The van der Waals surface area contributed by atoms with Gasteiger partial charge < -0.3 is 9.72 Å². The third-order valence-corrected chi connectivity index (χ3v) is 6.06. The second-order valence-electron chi connectivity index (χ2n) is 6.25. The summed E-state index contributed by atoms with van der Waals surface area (Å²) in [5.74, 6) is -0.393. The Labute approximate surface area is 152 Å². The van der Waals surface area contributed by atoms with Crippen molar-refractivity contribution in [2.45, 2.75) is 18.7 Å². The standard InChI is InChI=1S/C18H20N4O3S/c1-12-9-14(26(24,25)21(3)4)10-15(13(12)2)20-18(23)16-11-22-8-6-5-7-17(22)19-16/h5-11H,1-4H3,(H,20,23). The fraction of sp³-hybridized carbons (Fsp3) is 0.222. The molecule has 0 fully saturated rings. The Kier molecular flexibility index (Phi) is 4.55. The highest BCUT2D eigenvalue weighted by Gasteiger charge is 2.21. The van der Waals surface area contributed by atoms with E-state index in [2.05, 4.69) is 10.3 Å². The molecule has 0 bridgehead atoms. The van der Waals surface area contributed by atoms with Crippen molar-refractivity contribution in [3.05, 3.63) is 59.5 Å². The van der Waals surface area contributed by atoms with Crippen LogP contribution >= 0.6 is 0 Å². The lowest BCUT2D eigenvalue weighted by Crippen LogP contribution is -2.23. The van der Waals surface area contributed by atoms with Gasteiger partial charge in [-0.3, -0.25) is 4.79 Å². The van der Waals surface area contributed by atoms with Crippen LogP contribution in [0.2, 0.25) is 0 Å². The van der Waals surface area contributed by atoms with Crippen molar-refractivity contribution >= 4 is 27.3 Å². The van der Waals surface area contributed by atoms with E-state index in [4.69, 9.17) is 0 Å². The number of hydrogen-bond donors (Lipinski definition) is 1. The molecule has 1 N–H and O–H groups in total. The summed E-state index contributed by atoms with van der Waals surface area (Å²) in [6, 6.07) is 8.57. The summed E-state index contributed by atoms with van der Waals surface area (Å²) in [5, 5.41) is 2.78. The van der Waals surface area contributed by atoms with Crippen molar-refractivity contribution in [3.63, 3.8) is 0 Å². The third-order valence-electron chi connectivity index (χ3n) is 4.26. The molecule has 2 heterocycles. The zero-order valence-corrected chi connectivity index (χ0v) is 15.8. The quantitative estimate of drug-likeness (QED) is 0.762. The van der Waals surface area contributed by atoms with Gasteiger partial charge in [-0.1, -0.05) is 6.07 Å². The van der Waals surface area contributed by atoms with Crippen LogP contribution in [0.1, 0.15) is 21.6 Å². The van der Waals surface area contributed by atoms with Crippen molar-refractivity contribution in [1.82, 2.24) is 13.7 Å². The lowest BCUT2D eigenvalue weighted by atomic mass is 10.1. The van der Waals surface area contributed by atoms with Crippen molar-refractivity contribution in [1.29, 1.82) is 0 Å². The van der Waals surface area contributed by atoms with Gasteiger partial charge in [-0.2, -0.15) is 0 Å². The Morgan fingerprint density at radius 1 is 1.19 bits per heavy atom. The maximum Gasteiger partial charge on any atom is 0.275 e. The number of hydrogen-bond acceptors (Lipinski definition) is 4. The number of aromatic nitrogens is 2. The van der Waals surface area contributed by atoms with Crippen LogP contribution in [-0.2, 0) is 10.0 Å². The molecule has 0 unspecified atom stereocenters. The first-order chi connectivity index (χ1) is 12.2. The van der Waals surface area contributed by atoms with Crippen LogP contribution in [0.15, 0.2) is 47.6 Å². The van der Waals surface area contributed by atoms with Gasteiger partial charge in [0.2, 0.25) is 10.0 Å². The third kappa shape index (κ3) is 3.21. The number of anilines is 1. The summed E-state index contributed by atoms with van der Waals surface area (Å²) >= 11 is 0. The molecular weight excluding hydrogens is 352 g/mol. The van der Waals surface area contributed by atoms with Crippen LogP contribution in [0.5, 0.6) is 0 Å². The van der Waals surface area contributed by atoms with E-state index in [0.717, 1.165) is 15.4 Å². The zero-order valence-electron chi connectivity index (χ0n) is 15.0. The van der Waals surface area contributed by atoms with Crippen LogP contribution in [0.25, 0.3) is 5.65 Å². The highest BCUT2D eigenvalue weighted by molar-refractivity contribution is 7.89. The number of fused-ring (bicyclic) bond motifs is 1. The van der Waals surface area contributed by atoms with Crippen LogP contribution in [0, 0.1) is 13.8 Å². The number of rotatable bonds is 4. The summed E-state index contributed by atoms with van der Waals surface area (Å²) in [5.41, 5.74) is 2.95. The number of carbonyl (C=O) groups excluding carboxylic acids is 1. The van der Waals surface area contributed by atoms with Crippen LogP contribution < -0.4 is 5.32 Å². The van der Waals surface area contributed by atoms with E-state index in [-0.39, 0.29) is 10.6 Å². The molecule has 0 saturated heterocycles. The second kappa shape index (κ2) is 6.54. The van der Waals surface area contributed by atoms with Crippen LogP contribution in [0.4, 0.5) is 5.69 Å². The predicted octanol–water partition coefficient (Wildman–Crippen LogP) is 2.45. The van der Waals surface area contributed by atoms with Crippen molar-refractivity contribution in [3.8, 4) is 0 Å². The van der Waals surface area contributed by atoms with Gasteiger partial charge >= 0.3 is 0 Å². The van der Waals surface area contributed by atoms with Gasteiger partial charge in [0.05, 0.1) is 4.90 Å². The van der Waals surface area contributed by atoms with Gasteiger partial charge in [0, 0.05) is 32.2 Å². The first-order valence-electron chi connectivity index (χ1n) is 7.99. The molecule has 1 amide bonds. The smallest absolute Gasteiger partial charge is 0.275 e. The van der Waals surface area contributed by atoms with E-state index in [1.807, 2.05) is 26.0 Å². The van der Waals surface area contributed by atoms with Crippen molar-refractivity contribution in [2.24, 2.45) is 0 Å². The van der Waals surface area contributed by atoms with Gasteiger partial charge in [-0.15, -0.1) is 0 Å². The number of sulfonamides is 1. The number of amides is 1. The second-order valence-corrected chi connectivity index (χ2v) is 8.40. The van der Waals surface area contributed by atoms with Crippen molar-refractivity contribution in [2.75, 3.05) is 19.4 Å². The Morgan fingerprint density at radius 3 is 2.58 bits per heavy atom. The highest BCUT2D eigenvalue weighted by atomic mass is 32.2. The van der Waals surface area contributed by atoms with Gasteiger partial charge in [0.1, 0.15) is 11.3 Å². The number of aryl methyl sites for hydroxylation is 1. The minimum atomic E-state index is -3.60. The topological polar surface area (TPSA) is 83.8 Å². The minimum absolute atomic E-state index is 0.135. The molecule has 0 aliphatic rings. The minimum Gasteiger partial charge on any atom is -0.320 e. The number of benzene rings is 1. The predicted molar refractivity (Wildman–Crippen MR) is 99.9 cm³/mol. The van der Waals surface area contributed by atoms with Crippen molar-refractivity contribution < 1.29 is 13.2 Å². The molecule has 0 aliphatic heterocycles. The molecule has 2 aromatic heterocycles. The maximum atomic E-state index is 12.6. The molecule has 1 aromatic carbocycles. The summed E-state index contributed by atoms with van der Waals surface area (Å²) in [4.78, 5) is 17.0. The molecule has 136 valence electrons. The Hall–Kier alpha value is -2.71. The molecule has 3 rings (SSSR count). The first-order valence-corrected chi connectivity index (χ1v) is 9.43.